The Labute approximate surface area is 113 Å². The highest BCUT2D eigenvalue weighted by molar-refractivity contribution is 5.99. The van der Waals surface area contributed by atoms with Crippen LogP contribution in [-0.4, -0.2) is 35.4 Å². The molecule has 0 heterocycles. The molecule has 1 unspecified atom stereocenters. The van der Waals surface area contributed by atoms with Crippen molar-refractivity contribution in [1.29, 1.82) is 0 Å². The van der Waals surface area contributed by atoms with Crippen molar-refractivity contribution < 1.29 is 10.0 Å². The molecule has 0 aliphatic heterocycles. The Hall–Kier alpha value is -2.04. The molecular weight excluding hydrogens is 242 g/mol. The number of nitrogens with zero attached hydrogens (tertiary/aromatic N) is 2. The molecule has 1 atom stereocenters. The van der Waals surface area contributed by atoms with E-state index < -0.39 is 0 Å². The lowest BCUT2D eigenvalue weighted by molar-refractivity contribution is 0.0775. The molecule has 0 bridgehead atoms. The molecule has 3 N–H and O–H groups in total. The zero-order valence-corrected chi connectivity index (χ0v) is 11.6. The quantitative estimate of drug-likeness (QED) is 0.368. The Morgan fingerprint density at radius 1 is 1.37 bits per heavy atom. The number of oxime groups is 1. The van der Waals surface area contributed by atoms with Crippen molar-refractivity contribution in [2.24, 2.45) is 16.8 Å². The van der Waals surface area contributed by atoms with Crippen molar-refractivity contribution in [3.05, 3.63) is 35.4 Å². The molecule has 5 heteroatoms. The van der Waals surface area contributed by atoms with Crippen LogP contribution in [0.2, 0.25) is 0 Å². The molecule has 19 heavy (non-hydrogen) atoms. The number of nitrogens with two attached hydrogens (primary N) is 1. The zero-order valence-electron chi connectivity index (χ0n) is 11.6. The molecule has 1 aromatic carbocycles. The van der Waals surface area contributed by atoms with E-state index in [9.17, 15) is 4.79 Å². The smallest absolute Gasteiger partial charge is 0.253 e. The van der Waals surface area contributed by atoms with E-state index in [0.29, 0.717) is 17.0 Å². The number of hydrogen-bond acceptors (Lipinski definition) is 3. The van der Waals surface area contributed by atoms with Crippen LogP contribution in [0.1, 0.15) is 36.2 Å². The number of benzene rings is 1. The number of amidine groups is 1. The van der Waals surface area contributed by atoms with Gasteiger partial charge in [-0.2, -0.15) is 0 Å². The van der Waals surface area contributed by atoms with E-state index in [4.69, 9.17) is 10.9 Å². The lowest BCUT2D eigenvalue weighted by atomic mass is 10.1. The number of carbonyl (C=O) groups is 1. The SMILES string of the molecule is CCC(C)CN(C)C(=O)c1ccc(/C(N)=N/O)cc1. The van der Waals surface area contributed by atoms with Gasteiger partial charge in [0.2, 0.25) is 0 Å². The van der Waals surface area contributed by atoms with Gasteiger partial charge in [0.05, 0.1) is 0 Å². The number of carbonyl (C=O) groups excluding carboxylic acids is 1. The molecule has 0 aliphatic carbocycles. The van der Waals surface area contributed by atoms with Crippen LogP contribution in [-0.2, 0) is 0 Å². The van der Waals surface area contributed by atoms with E-state index >= 15 is 0 Å². The van der Waals surface area contributed by atoms with Crippen LogP contribution in [0, 0.1) is 5.92 Å². The van der Waals surface area contributed by atoms with Crippen molar-refractivity contribution in [3.8, 4) is 0 Å². The summed E-state index contributed by atoms with van der Waals surface area (Å²) in [5.74, 6) is 0.490. The fourth-order valence-corrected chi connectivity index (χ4v) is 1.74. The first-order valence-electron chi connectivity index (χ1n) is 6.33. The maximum absolute atomic E-state index is 12.2. The Kier molecular flexibility index (Phi) is 5.36. The maximum Gasteiger partial charge on any atom is 0.253 e. The van der Waals surface area contributed by atoms with E-state index in [0.717, 1.165) is 13.0 Å². The van der Waals surface area contributed by atoms with Gasteiger partial charge in [-0.15, -0.1) is 0 Å². The van der Waals surface area contributed by atoms with Gasteiger partial charge < -0.3 is 15.8 Å². The van der Waals surface area contributed by atoms with Gasteiger partial charge in [0.1, 0.15) is 0 Å². The Bertz CT molecular complexity index is 454. The Balaban J connectivity index is 2.78. The fraction of sp³-hybridized carbons (Fsp3) is 0.429. The van der Waals surface area contributed by atoms with Gasteiger partial charge in [-0.1, -0.05) is 37.6 Å². The molecule has 0 fully saturated rings. The fourth-order valence-electron chi connectivity index (χ4n) is 1.74. The van der Waals surface area contributed by atoms with Crippen LogP contribution in [0.5, 0.6) is 0 Å². The van der Waals surface area contributed by atoms with Gasteiger partial charge in [-0.05, 0) is 18.1 Å². The molecule has 0 saturated heterocycles. The second-order valence-corrected chi connectivity index (χ2v) is 4.76. The predicted molar refractivity (Wildman–Crippen MR) is 75.4 cm³/mol. The summed E-state index contributed by atoms with van der Waals surface area (Å²) >= 11 is 0. The van der Waals surface area contributed by atoms with Gasteiger partial charge in [-0.3, -0.25) is 4.79 Å². The highest BCUT2D eigenvalue weighted by Gasteiger charge is 2.13. The van der Waals surface area contributed by atoms with Crippen LogP contribution >= 0.6 is 0 Å². The summed E-state index contributed by atoms with van der Waals surface area (Å²) in [6, 6.07) is 6.70. The van der Waals surface area contributed by atoms with Crippen LogP contribution in [0.15, 0.2) is 29.4 Å². The predicted octanol–water partition coefficient (Wildman–Crippen LogP) is 1.90. The molecule has 0 spiro atoms. The summed E-state index contributed by atoms with van der Waals surface area (Å²) in [6.07, 6.45) is 1.04. The van der Waals surface area contributed by atoms with E-state index in [2.05, 4.69) is 19.0 Å². The third-order valence-corrected chi connectivity index (χ3v) is 3.16. The highest BCUT2D eigenvalue weighted by atomic mass is 16.4. The Morgan fingerprint density at radius 2 is 1.89 bits per heavy atom. The summed E-state index contributed by atoms with van der Waals surface area (Å²) in [6.45, 7) is 4.96. The maximum atomic E-state index is 12.2. The van der Waals surface area contributed by atoms with Crippen molar-refractivity contribution in [2.45, 2.75) is 20.3 Å². The monoisotopic (exact) mass is 263 g/mol. The van der Waals surface area contributed by atoms with Crippen LogP contribution in [0.4, 0.5) is 0 Å². The molecular formula is C14H21N3O2. The first-order chi connectivity index (χ1) is 8.99. The van der Waals surface area contributed by atoms with Crippen LogP contribution in [0.25, 0.3) is 0 Å². The first-order valence-corrected chi connectivity index (χ1v) is 6.33. The molecule has 1 amide bonds. The average Bonchev–Trinajstić information content (AvgIpc) is 2.45. The summed E-state index contributed by atoms with van der Waals surface area (Å²) in [4.78, 5) is 13.9. The lowest BCUT2D eigenvalue weighted by Gasteiger charge is -2.20. The third kappa shape index (κ3) is 3.98. The van der Waals surface area contributed by atoms with Crippen molar-refractivity contribution >= 4 is 11.7 Å². The minimum absolute atomic E-state index is 0.0219. The second kappa shape index (κ2) is 6.78. The summed E-state index contributed by atoms with van der Waals surface area (Å²) in [5, 5.41) is 11.5. The van der Waals surface area contributed by atoms with E-state index in [1.165, 1.54) is 0 Å². The number of rotatable bonds is 5. The van der Waals surface area contributed by atoms with Crippen molar-refractivity contribution in [3.63, 3.8) is 0 Å². The summed E-state index contributed by atoms with van der Waals surface area (Å²) < 4.78 is 0. The van der Waals surface area contributed by atoms with Gasteiger partial charge in [-0.25, -0.2) is 0 Å². The van der Waals surface area contributed by atoms with Crippen molar-refractivity contribution in [2.75, 3.05) is 13.6 Å². The normalized spacial score (nSPS) is 13.1. The van der Waals surface area contributed by atoms with Crippen LogP contribution < -0.4 is 5.73 Å². The van der Waals surface area contributed by atoms with E-state index in [1.807, 2.05) is 0 Å². The number of amides is 1. The highest BCUT2D eigenvalue weighted by Crippen LogP contribution is 2.09. The topological polar surface area (TPSA) is 78.9 Å². The van der Waals surface area contributed by atoms with Crippen molar-refractivity contribution in [1.82, 2.24) is 4.90 Å². The zero-order chi connectivity index (χ0) is 14.4. The second-order valence-electron chi connectivity index (χ2n) is 4.76. The Morgan fingerprint density at radius 3 is 2.37 bits per heavy atom. The summed E-state index contributed by atoms with van der Waals surface area (Å²) in [5.41, 5.74) is 6.65. The number of hydrogen-bond donors (Lipinski definition) is 2. The standard InChI is InChI=1S/C14H21N3O2/c1-4-10(2)9-17(3)14(18)12-7-5-11(6-8-12)13(15)16-19/h5-8,10,19H,4,9H2,1-3H3,(H2,15,16). The minimum Gasteiger partial charge on any atom is -0.409 e. The lowest BCUT2D eigenvalue weighted by Crippen LogP contribution is -2.30. The average molecular weight is 263 g/mol. The van der Waals surface area contributed by atoms with Crippen LogP contribution in [0.3, 0.4) is 0 Å². The molecule has 0 radical (unpaired) electrons. The summed E-state index contributed by atoms with van der Waals surface area (Å²) in [7, 11) is 1.80. The van der Waals surface area contributed by atoms with Gasteiger partial charge >= 0.3 is 0 Å². The first kappa shape index (κ1) is 15.0. The molecule has 5 nitrogen and oxygen atoms in total. The third-order valence-electron chi connectivity index (χ3n) is 3.16. The van der Waals surface area contributed by atoms with Gasteiger partial charge in [0, 0.05) is 24.7 Å². The molecule has 1 rings (SSSR count). The molecule has 0 aliphatic rings. The molecule has 1 aromatic rings. The van der Waals surface area contributed by atoms with Gasteiger partial charge in [0.15, 0.2) is 5.84 Å². The van der Waals surface area contributed by atoms with Gasteiger partial charge in [0.25, 0.3) is 5.91 Å². The molecule has 0 aromatic heterocycles. The van der Waals surface area contributed by atoms with E-state index in [1.54, 1.807) is 36.2 Å². The minimum atomic E-state index is -0.0219. The molecule has 0 saturated carbocycles. The molecule has 104 valence electrons. The van der Waals surface area contributed by atoms with E-state index in [-0.39, 0.29) is 11.7 Å². The largest absolute Gasteiger partial charge is 0.409 e.